The van der Waals surface area contributed by atoms with E-state index >= 15 is 0 Å². The quantitative estimate of drug-likeness (QED) is 0.622. The van der Waals surface area contributed by atoms with Crippen LogP contribution in [0.3, 0.4) is 0 Å². The van der Waals surface area contributed by atoms with Crippen LogP contribution in [0.15, 0.2) is 11.5 Å². The molecule has 0 atom stereocenters. The van der Waals surface area contributed by atoms with E-state index in [1.165, 1.54) is 6.08 Å². The number of allylic oxidation sites excluding steroid dienone is 1. The molecule has 0 heterocycles. The predicted molar refractivity (Wildman–Crippen MR) is 37.6 cm³/mol. The summed E-state index contributed by atoms with van der Waals surface area (Å²) in [6.07, 6.45) is 1.34. The van der Waals surface area contributed by atoms with Gasteiger partial charge in [0.2, 0.25) is 5.91 Å². The normalized spacial score (nSPS) is 11.8. The molecule has 0 aliphatic carbocycles. The molecule has 0 aromatic carbocycles. The van der Waals surface area contributed by atoms with E-state index < -0.39 is 15.9 Å². The fraction of sp³-hybridized carbons (Fsp3) is 0.400. The molecule has 0 aliphatic rings. The molecule has 0 bridgehead atoms. The van der Waals surface area contributed by atoms with Crippen LogP contribution in [0.1, 0.15) is 13.8 Å². The maximum absolute atomic E-state index is 10.6. The lowest BCUT2D eigenvalue weighted by Gasteiger charge is -1.95. The minimum Gasteiger partial charge on any atom is -0.274 e. The van der Waals surface area contributed by atoms with Crippen LogP contribution < -0.4 is 4.72 Å². The van der Waals surface area contributed by atoms with Gasteiger partial charge in [-0.1, -0.05) is 6.08 Å². The monoisotopic (exact) mass is 163 g/mol. The van der Waals surface area contributed by atoms with Crippen LogP contribution in [0.4, 0.5) is 0 Å². The van der Waals surface area contributed by atoms with Crippen molar-refractivity contribution in [2.75, 3.05) is 0 Å². The third-order valence-corrected chi connectivity index (χ3v) is 1.80. The summed E-state index contributed by atoms with van der Waals surface area (Å²) in [6, 6.07) is 0. The second-order valence-electron chi connectivity index (χ2n) is 1.67. The van der Waals surface area contributed by atoms with E-state index in [1.807, 2.05) is 0 Å². The highest BCUT2D eigenvalue weighted by molar-refractivity contribution is 7.92. The Morgan fingerprint density at radius 2 is 2.00 bits per heavy atom. The highest BCUT2D eigenvalue weighted by atomic mass is 32.2. The molecule has 4 nitrogen and oxygen atoms in total. The Hall–Kier alpha value is -0.840. The van der Waals surface area contributed by atoms with E-state index in [-0.39, 0.29) is 0 Å². The molecule has 0 rings (SSSR count). The first-order valence-corrected chi connectivity index (χ1v) is 4.18. The van der Waals surface area contributed by atoms with E-state index in [0.717, 1.165) is 12.3 Å². The Kier molecular flexibility index (Phi) is 3.08. The zero-order valence-electron chi connectivity index (χ0n) is 5.79. The first-order chi connectivity index (χ1) is 4.48. The molecule has 0 saturated carbocycles. The van der Waals surface area contributed by atoms with Crippen molar-refractivity contribution in [2.45, 2.75) is 13.8 Å². The molecule has 10 heavy (non-hydrogen) atoms. The fourth-order valence-corrected chi connectivity index (χ4v) is 1.24. The van der Waals surface area contributed by atoms with E-state index in [0.29, 0.717) is 0 Å². The lowest BCUT2D eigenvalue weighted by Crippen LogP contribution is -2.25. The standard InChI is InChI=1S/C5H9NO3S/c1-3-4-10(8,9)6-5(2)7/h3-4H,1-2H3,(H,6,7)/b4-3-. The summed E-state index contributed by atoms with van der Waals surface area (Å²) >= 11 is 0. The van der Waals surface area contributed by atoms with Crippen LogP contribution in [0.25, 0.3) is 0 Å². The number of nitrogens with one attached hydrogen (secondary N) is 1. The maximum atomic E-state index is 10.6. The summed E-state index contributed by atoms with van der Waals surface area (Å²) < 4.78 is 23.0. The van der Waals surface area contributed by atoms with Crippen LogP contribution in [0.5, 0.6) is 0 Å². The summed E-state index contributed by atoms with van der Waals surface area (Å²) in [4.78, 5) is 10.2. The van der Waals surface area contributed by atoms with Gasteiger partial charge in [0.25, 0.3) is 10.0 Å². The molecule has 1 N–H and O–H groups in total. The summed E-state index contributed by atoms with van der Waals surface area (Å²) in [7, 11) is -3.51. The van der Waals surface area contributed by atoms with E-state index in [2.05, 4.69) is 0 Å². The number of hydrogen-bond donors (Lipinski definition) is 1. The fourth-order valence-electron chi connectivity index (χ4n) is 0.414. The molecule has 0 aromatic rings. The molecular weight excluding hydrogens is 154 g/mol. The number of hydrogen-bond acceptors (Lipinski definition) is 3. The largest absolute Gasteiger partial charge is 0.274 e. The number of amides is 1. The zero-order valence-corrected chi connectivity index (χ0v) is 6.60. The van der Waals surface area contributed by atoms with Crippen molar-refractivity contribution in [1.82, 2.24) is 4.72 Å². The topological polar surface area (TPSA) is 63.2 Å². The van der Waals surface area contributed by atoms with Crippen LogP contribution in [-0.2, 0) is 14.8 Å². The van der Waals surface area contributed by atoms with E-state index in [9.17, 15) is 13.2 Å². The summed E-state index contributed by atoms with van der Waals surface area (Å²) in [5.41, 5.74) is 0. The van der Waals surface area contributed by atoms with Gasteiger partial charge in [0, 0.05) is 12.3 Å². The van der Waals surface area contributed by atoms with Crippen molar-refractivity contribution in [3.05, 3.63) is 11.5 Å². The van der Waals surface area contributed by atoms with E-state index in [1.54, 1.807) is 11.6 Å². The molecule has 0 unspecified atom stereocenters. The van der Waals surface area contributed by atoms with Crippen LogP contribution in [0, 0.1) is 0 Å². The first kappa shape index (κ1) is 9.16. The second kappa shape index (κ2) is 3.36. The zero-order chi connectivity index (χ0) is 8.20. The highest BCUT2D eigenvalue weighted by Gasteiger charge is 2.04. The first-order valence-electron chi connectivity index (χ1n) is 2.64. The molecular formula is C5H9NO3S. The second-order valence-corrected chi connectivity index (χ2v) is 3.24. The van der Waals surface area contributed by atoms with Gasteiger partial charge in [-0.05, 0) is 6.92 Å². The number of carbonyl (C=O) groups is 1. The smallest absolute Gasteiger partial charge is 0.256 e. The average molecular weight is 163 g/mol. The maximum Gasteiger partial charge on any atom is 0.256 e. The van der Waals surface area contributed by atoms with Crippen molar-refractivity contribution < 1.29 is 13.2 Å². The van der Waals surface area contributed by atoms with Crippen molar-refractivity contribution >= 4 is 15.9 Å². The van der Waals surface area contributed by atoms with Crippen molar-refractivity contribution in [2.24, 2.45) is 0 Å². The third kappa shape index (κ3) is 4.08. The highest BCUT2D eigenvalue weighted by Crippen LogP contribution is 1.84. The third-order valence-electron chi connectivity index (χ3n) is 0.601. The Bertz CT molecular complexity index is 240. The van der Waals surface area contributed by atoms with Crippen molar-refractivity contribution in [3.8, 4) is 0 Å². The van der Waals surface area contributed by atoms with Crippen LogP contribution in [-0.4, -0.2) is 14.3 Å². The predicted octanol–water partition coefficient (Wildman–Crippen LogP) is -0.0141. The lowest BCUT2D eigenvalue weighted by molar-refractivity contribution is -0.117. The Labute approximate surface area is 60.0 Å². The molecule has 1 amide bonds. The van der Waals surface area contributed by atoms with E-state index in [4.69, 9.17) is 0 Å². The molecule has 0 saturated heterocycles. The summed E-state index contributed by atoms with van der Waals surface area (Å²) in [6.45, 7) is 2.69. The van der Waals surface area contributed by atoms with Gasteiger partial charge < -0.3 is 0 Å². The minimum absolute atomic E-state index is 0.585. The Morgan fingerprint density at radius 3 is 2.30 bits per heavy atom. The Balaban J connectivity index is 4.30. The van der Waals surface area contributed by atoms with Gasteiger partial charge in [0.05, 0.1) is 0 Å². The van der Waals surface area contributed by atoms with Crippen molar-refractivity contribution in [3.63, 3.8) is 0 Å². The summed E-state index contributed by atoms with van der Waals surface area (Å²) in [5, 5.41) is 0.925. The number of rotatable bonds is 2. The van der Waals surface area contributed by atoms with Gasteiger partial charge in [-0.25, -0.2) is 13.1 Å². The van der Waals surface area contributed by atoms with Crippen molar-refractivity contribution in [1.29, 1.82) is 0 Å². The van der Waals surface area contributed by atoms with Crippen LogP contribution in [0.2, 0.25) is 0 Å². The molecule has 0 radical (unpaired) electrons. The molecule has 0 fully saturated rings. The van der Waals surface area contributed by atoms with Gasteiger partial charge in [0.15, 0.2) is 0 Å². The number of sulfonamides is 1. The van der Waals surface area contributed by atoms with Gasteiger partial charge in [-0.2, -0.15) is 0 Å². The molecule has 0 spiro atoms. The Morgan fingerprint density at radius 1 is 1.50 bits per heavy atom. The lowest BCUT2D eigenvalue weighted by atomic mass is 10.8. The molecule has 5 heteroatoms. The summed E-state index contributed by atoms with van der Waals surface area (Å²) in [5.74, 6) is -0.585. The van der Waals surface area contributed by atoms with Gasteiger partial charge in [-0.15, -0.1) is 0 Å². The molecule has 0 aromatic heterocycles. The van der Waals surface area contributed by atoms with Gasteiger partial charge >= 0.3 is 0 Å². The molecule has 0 aliphatic heterocycles. The average Bonchev–Trinajstić information content (AvgIpc) is 1.59. The molecule has 58 valence electrons. The van der Waals surface area contributed by atoms with Gasteiger partial charge in [-0.3, -0.25) is 4.79 Å². The number of carbonyl (C=O) groups excluding carboxylic acids is 1. The minimum atomic E-state index is -3.51. The van der Waals surface area contributed by atoms with Crippen LogP contribution >= 0.6 is 0 Å². The SMILES string of the molecule is C/C=C\S(=O)(=O)NC(C)=O. The van der Waals surface area contributed by atoms with Gasteiger partial charge in [0.1, 0.15) is 0 Å².